The zero-order valence-electron chi connectivity index (χ0n) is 37.8. The van der Waals surface area contributed by atoms with Crippen LogP contribution in [0, 0.1) is 27.7 Å². The van der Waals surface area contributed by atoms with Crippen LogP contribution in [-0.2, 0) is 9.59 Å². The van der Waals surface area contributed by atoms with Gasteiger partial charge in [0, 0.05) is 43.1 Å². The minimum atomic E-state index is -1.42. The van der Waals surface area contributed by atoms with Gasteiger partial charge in [0.1, 0.15) is 59.1 Å². The molecule has 0 saturated heterocycles. The third-order valence-corrected chi connectivity index (χ3v) is 12.6. The molecule has 0 spiro atoms. The van der Waals surface area contributed by atoms with Crippen molar-refractivity contribution in [3.63, 3.8) is 0 Å². The SMILES string of the molecule is Cc1ccc(Oc2cc3c4c(cc(Oc5ccc(C)cc5)c5c6c(Oc7ccc(C)cc7)cc7c8c(cc(Oc9ccc(C)cc9)c(c2c45)c86)C(=O)N(CC(=O)O)C7=O)C(=O)N(CC(=O)O)C3=O)cc1. The van der Waals surface area contributed by atoms with Gasteiger partial charge in [0.25, 0.3) is 23.6 Å². The van der Waals surface area contributed by atoms with Gasteiger partial charge in [-0.2, -0.15) is 0 Å². The van der Waals surface area contributed by atoms with E-state index in [9.17, 15) is 39.0 Å². The van der Waals surface area contributed by atoms with E-state index in [0.29, 0.717) is 32.8 Å². The van der Waals surface area contributed by atoms with Gasteiger partial charge < -0.3 is 29.2 Å². The number of imide groups is 2. The molecule has 2 aliphatic heterocycles. The number of aryl methyl sites for hydroxylation is 4. The normalized spacial score (nSPS) is 13.3. The largest absolute Gasteiger partial charge is 0.480 e. The van der Waals surface area contributed by atoms with E-state index in [-0.39, 0.29) is 88.3 Å². The lowest BCUT2D eigenvalue weighted by Crippen LogP contribution is -2.43. The summed E-state index contributed by atoms with van der Waals surface area (Å²) in [6.45, 7) is 5.75. The van der Waals surface area contributed by atoms with E-state index in [2.05, 4.69) is 0 Å². The lowest BCUT2D eigenvalue weighted by atomic mass is 9.80. The number of carbonyl (C=O) groups is 6. The molecular formula is C56H38N2O12. The van der Waals surface area contributed by atoms with Crippen molar-refractivity contribution >= 4 is 78.7 Å². The van der Waals surface area contributed by atoms with Crippen molar-refractivity contribution < 1.29 is 57.9 Å². The van der Waals surface area contributed by atoms with Gasteiger partial charge in [0.05, 0.1) is 22.3 Å². The number of rotatable bonds is 12. The second-order valence-electron chi connectivity index (χ2n) is 17.5. The van der Waals surface area contributed by atoms with Gasteiger partial charge in [-0.3, -0.25) is 38.6 Å². The van der Waals surface area contributed by atoms with Crippen molar-refractivity contribution in [2.24, 2.45) is 0 Å². The lowest BCUT2D eigenvalue weighted by molar-refractivity contribution is -0.138. The van der Waals surface area contributed by atoms with Gasteiger partial charge in [-0.25, -0.2) is 0 Å². The Morgan fingerprint density at radius 3 is 0.771 bits per heavy atom. The van der Waals surface area contributed by atoms with Gasteiger partial charge in [-0.1, -0.05) is 70.8 Å². The Labute approximate surface area is 397 Å². The maximum absolute atomic E-state index is 14.7. The van der Waals surface area contributed by atoms with E-state index < -0.39 is 48.7 Å². The van der Waals surface area contributed by atoms with Crippen LogP contribution in [0.1, 0.15) is 63.7 Å². The van der Waals surface area contributed by atoms with Crippen molar-refractivity contribution in [3.05, 3.63) is 166 Å². The molecule has 4 amide bonds. The van der Waals surface area contributed by atoms with Crippen molar-refractivity contribution in [3.8, 4) is 46.0 Å². The highest BCUT2D eigenvalue weighted by Crippen LogP contribution is 2.58. The summed E-state index contributed by atoms with van der Waals surface area (Å²) < 4.78 is 27.3. The summed E-state index contributed by atoms with van der Waals surface area (Å²) in [5.41, 5.74) is 3.52. The smallest absolute Gasteiger partial charge is 0.323 e. The monoisotopic (exact) mass is 930 g/mol. The summed E-state index contributed by atoms with van der Waals surface area (Å²) in [6, 6.07) is 34.4. The number of hydrogen-bond acceptors (Lipinski definition) is 10. The summed E-state index contributed by atoms with van der Waals surface area (Å²) in [5, 5.41) is 21.9. The first-order chi connectivity index (χ1) is 33.6. The molecule has 0 radical (unpaired) electrons. The van der Waals surface area contributed by atoms with Crippen molar-refractivity contribution in [2.45, 2.75) is 27.7 Å². The number of aliphatic carboxylic acids is 2. The second-order valence-corrected chi connectivity index (χ2v) is 17.5. The molecule has 14 heteroatoms. The topological polar surface area (TPSA) is 186 Å². The molecule has 2 aliphatic rings. The van der Waals surface area contributed by atoms with Gasteiger partial charge in [0.15, 0.2) is 0 Å². The number of carboxylic acid groups (broad SMARTS) is 2. The summed E-state index contributed by atoms with van der Waals surface area (Å²) in [6.07, 6.45) is 0. The van der Waals surface area contributed by atoms with Crippen LogP contribution in [0.3, 0.4) is 0 Å². The fourth-order valence-electron chi connectivity index (χ4n) is 9.42. The highest BCUT2D eigenvalue weighted by molar-refractivity contribution is 6.45. The molecule has 70 heavy (non-hydrogen) atoms. The van der Waals surface area contributed by atoms with Crippen molar-refractivity contribution in [1.82, 2.24) is 9.80 Å². The van der Waals surface area contributed by atoms with Crippen molar-refractivity contribution in [1.29, 1.82) is 0 Å². The van der Waals surface area contributed by atoms with Crippen LogP contribution < -0.4 is 18.9 Å². The number of amides is 4. The second kappa shape index (κ2) is 16.2. The average molecular weight is 931 g/mol. The number of hydrogen-bond donors (Lipinski definition) is 2. The molecular weight excluding hydrogens is 893 g/mol. The zero-order chi connectivity index (χ0) is 48.9. The third kappa shape index (κ3) is 7.03. The fourth-order valence-corrected chi connectivity index (χ4v) is 9.42. The van der Waals surface area contributed by atoms with Crippen LogP contribution in [0.15, 0.2) is 121 Å². The van der Waals surface area contributed by atoms with E-state index in [4.69, 9.17) is 18.9 Å². The molecule has 0 aromatic heterocycles. The average Bonchev–Trinajstić information content (AvgIpc) is 3.33. The summed E-state index contributed by atoms with van der Waals surface area (Å²) in [7, 11) is 0. The van der Waals surface area contributed by atoms with Crippen LogP contribution in [0.5, 0.6) is 46.0 Å². The number of nitrogens with zero attached hydrogens (tertiary/aromatic N) is 2. The van der Waals surface area contributed by atoms with E-state index >= 15 is 0 Å². The molecule has 0 atom stereocenters. The number of carbonyl (C=O) groups excluding carboxylic acids is 4. The molecule has 11 rings (SSSR count). The summed E-state index contributed by atoms with van der Waals surface area (Å²) in [5.74, 6) is -4.78. The Morgan fingerprint density at radius 2 is 0.571 bits per heavy atom. The standard InChI is InChI=1S/C56H38N2O12/c1-27-5-13-31(14-6-27)67-39-21-35-45-36(54(64)57(53(35)63)25-43(59)60)23-41(69-33-17-9-29(3)10-18-33)49-50-42(70-34-19-11-30(4)12-20-34)24-38-46-37(55(65)58(56(38)66)26-44(61)62)22-40(48(52(46)50)47(39)51(45)49)68-32-15-7-28(2)8-16-32/h5-24H,25-26H2,1-4H3,(H,59,60)(H,61,62). The highest BCUT2D eigenvalue weighted by Gasteiger charge is 2.42. The maximum Gasteiger partial charge on any atom is 0.323 e. The van der Waals surface area contributed by atoms with Gasteiger partial charge >= 0.3 is 11.9 Å². The predicted molar refractivity (Wildman–Crippen MR) is 259 cm³/mol. The number of fused-ring (bicyclic) bond motifs is 2. The Balaban J connectivity index is 1.40. The van der Waals surface area contributed by atoms with Crippen LogP contribution in [0.25, 0.3) is 43.1 Å². The Morgan fingerprint density at radius 1 is 0.357 bits per heavy atom. The van der Waals surface area contributed by atoms with Crippen LogP contribution in [-0.4, -0.2) is 68.7 Å². The van der Waals surface area contributed by atoms with Crippen LogP contribution in [0.2, 0.25) is 0 Å². The van der Waals surface area contributed by atoms with E-state index in [1.165, 1.54) is 24.3 Å². The van der Waals surface area contributed by atoms with Crippen molar-refractivity contribution in [2.75, 3.05) is 13.1 Å². The van der Waals surface area contributed by atoms with Gasteiger partial charge in [-0.05, 0) is 100 Å². The first-order valence-electron chi connectivity index (χ1n) is 22.1. The van der Waals surface area contributed by atoms with Gasteiger partial charge in [0.2, 0.25) is 0 Å². The van der Waals surface area contributed by atoms with Crippen LogP contribution in [0.4, 0.5) is 0 Å². The number of carboxylic acids is 2. The molecule has 0 fully saturated rings. The first kappa shape index (κ1) is 43.3. The minimum absolute atomic E-state index is 0.0504. The maximum atomic E-state index is 14.7. The van der Waals surface area contributed by atoms with Crippen LogP contribution >= 0.6 is 0 Å². The third-order valence-electron chi connectivity index (χ3n) is 12.6. The lowest BCUT2D eigenvalue weighted by Gasteiger charge is -2.32. The molecule has 0 aliphatic carbocycles. The fraction of sp³-hybridized carbons (Fsp3) is 0.107. The Kier molecular flexibility index (Phi) is 10.0. The molecule has 2 N–H and O–H groups in total. The highest BCUT2D eigenvalue weighted by atomic mass is 16.5. The number of benzene rings is 9. The number of ether oxygens (including phenoxy) is 4. The van der Waals surface area contributed by atoms with E-state index in [0.717, 1.165) is 22.3 Å². The quantitative estimate of drug-likeness (QED) is 0.0672. The Bertz CT molecular complexity index is 3300. The predicted octanol–water partition coefficient (Wildman–Crippen LogP) is 11.5. The first-order valence-corrected chi connectivity index (χ1v) is 22.1. The molecule has 0 saturated carbocycles. The van der Waals surface area contributed by atoms with E-state index in [1.807, 2.05) is 76.2 Å². The minimum Gasteiger partial charge on any atom is -0.480 e. The summed E-state index contributed by atoms with van der Waals surface area (Å²) in [4.78, 5) is 84.9. The van der Waals surface area contributed by atoms with E-state index in [1.54, 1.807) is 48.5 Å². The molecule has 9 aromatic carbocycles. The molecule has 0 bridgehead atoms. The molecule has 344 valence electrons. The molecule has 9 aromatic rings. The summed E-state index contributed by atoms with van der Waals surface area (Å²) >= 11 is 0. The zero-order valence-corrected chi connectivity index (χ0v) is 37.8. The molecule has 2 heterocycles. The molecule has 14 nitrogen and oxygen atoms in total. The van der Waals surface area contributed by atoms with Gasteiger partial charge in [-0.15, -0.1) is 0 Å². The molecule has 0 unspecified atom stereocenters. The Hall–Kier alpha value is -9.30.